The van der Waals surface area contributed by atoms with Crippen molar-refractivity contribution >= 4 is 5.91 Å². The first-order chi connectivity index (χ1) is 8.04. The van der Waals surface area contributed by atoms with Gasteiger partial charge in [-0.25, -0.2) is 0 Å². The van der Waals surface area contributed by atoms with Crippen LogP contribution in [0.1, 0.15) is 53.9 Å². The maximum Gasteiger partial charge on any atom is 0.226 e. The number of rotatable bonds is 9. The van der Waals surface area contributed by atoms with Gasteiger partial charge in [0, 0.05) is 25.0 Å². The van der Waals surface area contributed by atoms with Gasteiger partial charge in [0.05, 0.1) is 0 Å². The van der Waals surface area contributed by atoms with Gasteiger partial charge in [0.2, 0.25) is 5.91 Å². The van der Waals surface area contributed by atoms with Crippen LogP contribution in [0.4, 0.5) is 0 Å². The Kier molecular flexibility index (Phi) is 9.14. The molecule has 0 saturated carbocycles. The smallest absolute Gasteiger partial charge is 0.226 e. The van der Waals surface area contributed by atoms with Crippen molar-refractivity contribution in [1.29, 1.82) is 0 Å². The molecule has 0 aromatic heterocycles. The molecule has 0 aliphatic heterocycles. The molecule has 1 amide bonds. The molecule has 3 nitrogen and oxygen atoms in total. The summed E-state index contributed by atoms with van der Waals surface area (Å²) in [5.41, 5.74) is 0. The highest BCUT2D eigenvalue weighted by atomic mass is 16.2. The molecule has 102 valence electrons. The van der Waals surface area contributed by atoms with Crippen molar-refractivity contribution in [3.8, 4) is 0 Å². The van der Waals surface area contributed by atoms with E-state index in [0.29, 0.717) is 6.04 Å². The van der Waals surface area contributed by atoms with E-state index in [2.05, 4.69) is 33.0 Å². The monoisotopic (exact) mass is 242 g/mol. The molecule has 0 saturated heterocycles. The quantitative estimate of drug-likeness (QED) is 0.630. The maximum absolute atomic E-state index is 12.3. The minimum atomic E-state index is 0.0824. The summed E-state index contributed by atoms with van der Waals surface area (Å²) < 4.78 is 0. The Labute approximate surface area is 107 Å². The molecule has 0 aliphatic carbocycles. The van der Waals surface area contributed by atoms with E-state index in [9.17, 15) is 4.79 Å². The molecule has 0 heterocycles. The van der Waals surface area contributed by atoms with Crippen LogP contribution in [-0.2, 0) is 4.79 Å². The highest BCUT2D eigenvalue weighted by Crippen LogP contribution is 2.09. The first-order valence-electron chi connectivity index (χ1n) is 7.05. The van der Waals surface area contributed by atoms with Crippen molar-refractivity contribution in [3.63, 3.8) is 0 Å². The third kappa shape index (κ3) is 6.67. The highest BCUT2D eigenvalue weighted by molar-refractivity contribution is 5.79. The maximum atomic E-state index is 12.3. The zero-order valence-corrected chi connectivity index (χ0v) is 12.3. The lowest BCUT2D eigenvalue weighted by Gasteiger charge is -2.29. The van der Waals surface area contributed by atoms with Gasteiger partial charge in [-0.15, -0.1) is 0 Å². The van der Waals surface area contributed by atoms with Crippen LogP contribution in [0.2, 0.25) is 0 Å². The van der Waals surface area contributed by atoms with Gasteiger partial charge in [-0.3, -0.25) is 4.79 Å². The molecule has 0 rings (SSSR count). The van der Waals surface area contributed by atoms with E-state index in [1.165, 1.54) is 12.8 Å². The number of hydrogen-bond acceptors (Lipinski definition) is 2. The van der Waals surface area contributed by atoms with Gasteiger partial charge in [-0.05, 0) is 26.8 Å². The van der Waals surface area contributed by atoms with Gasteiger partial charge in [-0.1, -0.05) is 33.6 Å². The number of unbranched alkanes of at least 4 members (excludes halogenated alkanes) is 2. The van der Waals surface area contributed by atoms with Gasteiger partial charge in [-0.2, -0.15) is 0 Å². The normalized spacial score (nSPS) is 12.8. The standard InChI is InChI=1S/C14H30N2O/c1-6-8-9-10-16(12(3)4)14(17)13(5)11-15-7-2/h12-13,15H,6-11H2,1-5H3. The van der Waals surface area contributed by atoms with Gasteiger partial charge < -0.3 is 10.2 Å². The Morgan fingerprint density at radius 2 is 1.82 bits per heavy atom. The van der Waals surface area contributed by atoms with E-state index in [4.69, 9.17) is 0 Å². The van der Waals surface area contributed by atoms with Crippen molar-refractivity contribution < 1.29 is 4.79 Å². The summed E-state index contributed by atoms with van der Waals surface area (Å²) in [5.74, 6) is 0.371. The zero-order chi connectivity index (χ0) is 13.3. The summed E-state index contributed by atoms with van der Waals surface area (Å²) >= 11 is 0. The van der Waals surface area contributed by atoms with Crippen LogP contribution < -0.4 is 5.32 Å². The van der Waals surface area contributed by atoms with Crippen LogP contribution in [0, 0.1) is 5.92 Å². The van der Waals surface area contributed by atoms with Crippen molar-refractivity contribution in [2.45, 2.75) is 59.9 Å². The lowest BCUT2D eigenvalue weighted by Crippen LogP contribution is -2.43. The molecule has 0 spiro atoms. The fourth-order valence-corrected chi connectivity index (χ4v) is 1.89. The Morgan fingerprint density at radius 3 is 2.29 bits per heavy atom. The fraction of sp³-hybridized carbons (Fsp3) is 0.929. The summed E-state index contributed by atoms with van der Waals surface area (Å²) in [6.45, 7) is 13.1. The predicted octanol–water partition coefficient (Wildman–Crippen LogP) is 2.66. The third-order valence-corrected chi connectivity index (χ3v) is 3.03. The summed E-state index contributed by atoms with van der Waals surface area (Å²) in [7, 11) is 0. The lowest BCUT2D eigenvalue weighted by molar-refractivity contribution is -0.136. The average molecular weight is 242 g/mol. The number of carbonyl (C=O) groups excluding carboxylic acids is 1. The Balaban J connectivity index is 4.22. The molecule has 17 heavy (non-hydrogen) atoms. The average Bonchev–Trinajstić information content (AvgIpc) is 2.30. The fourth-order valence-electron chi connectivity index (χ4n) is 1.89. The molecule has 0 radical (unpaired) electrons. The Morgan fingerprint density at radius 1 is 1.18 bits per heavy atom. The summed E-state index contributed by atoms with van der Waals surface area (Å²) in [6.07, 6.45) is 3.53. The second-order valence-electron chi connectivity index (χ2n) is 5.04. The minimum absolute atomic E-state index is 0.0824. The molecule has 1 unspecified atom stereocenters. The van der Waals surface area contributed by atoms with Crippen LogP contribution >= 0.6 is 0 Å². The highest BCUT2D eigenvalue weighted by Gasteiger charge is 2.21. The van der Waals surface area contributed by atoms with E-state index in [-0.39, 0.29) is 11.8 Å². The molecule has 0 aromatic carbocycles. The van der Waals surface area contributed by atoms with Crippen molar-refractivity contribution in [1.82, 2.24) is 10.2 Å². The molecular formula is C14H30N2O. The van der Waals surface area contributed by atoms with E-state index < -0.39 is 0 Å². The molecule has 0 fully saturated rings. The lowest BCUT2D eigenvalue weighted by atomic mass is 10.1. The third-order valence-electron chi connectivity index (χ3n) is 3.03. The second-order valence-corrected chi connectivity index (χ2v) is 5.04. The number of nitrogens with one attached hydrogen (secondary N) is 1. The first-order valence-corrected chi connectivity index (χ1v) is 7.05. The number of hydrogen-bond donors (Lipinski definition) is 1. The molecular weight excluding hydrogens is 212 g/mol. The first kappa shape index (κ1) is 16.4. The zero-order valence-electron chi connectivity index (χ0n) is 12.3. The number of nitrogens with zero attached hydrogens (tertiary/aromatic N) is 1. The van der Waals surface area contributed by atoms with Gasteiger partial charge in [0.25, 0.3) is 0 Å². The van der Waals surface area contributed by atoms with Crippen molar-refractivity contribution in [2.24, 2.45) is 5.92 Å². The van der Waals surface area contributed by atoms with Crippen LogP contribution in [-0.4, -0.2) is 36.5 Å². The molecule has 1 atom stereocenters. The molecule has 1 N–H and O–H groups in total. The van der Waals surface area contributed by atoms with Crippen molar-refractivity contribution in [3.05, 3.63) is 0 Å². The second kappa shape index (κ2) is 9.46. The van der Waals surface area contributed by atoms with Gasteiger partial charge in [0.1, 0.15) is 0 Å². The van der Waals surface area contributed by atoms with Crippen LogP contribution in [0.5, 0.6) is 0 Å². The summed E-state index contributed by atoms with van der Waals surface area (Å²) in [5, 5.41) is 3.24. The largest absolute Gasteiger partial charge is 0.340 e. The van der Waals surface area contributed by atoms with Gasteiger partial charge >= 0.3 is 0 Å². The van der Waals surface area contributed by atoms with E-state index >= 15 is 0 Å². The molecule has 0 bridgehead atoms. The molecule has 0 aromatic rings. The summed E-state index contributed by atoms with van der Waals surface area (Å²) in [4.78, 5) is 14.3. The van der Waals surface area contributed by atoms with E-state index in [1.54, 1.807) is 0 Å². The Bertz CT molecular complexity index is 204. The van der Waals surface area contributed by atoms with Crippen molar-refractivity contribution in [2.75, 3.05) is 19.6 Å². The summed E-state index contributed by atoms with van der Waals surface area (Å²) in [6, 6.07) is 0.309. The topological polar surface area (TPSA) is 32.3 Å². The minimum Gasteiger partial charge on any atom is -0.340 e. The molecule has 0 aliphatic rings. The van der Waals surface area contributed by atoms with E-state index in [1.807, 2.05) is 11.8 Å². The van der Waals surface area contributed by atoms with Gasteiger partial charge in [0.15, 0.2) is 0 Å². The van der Waals surface area contributed by atoms with E-state index in [0.717, 1.165) is 26.1 Å². The van der Waals surface area contributed by atoms with Crippen LogP contribution in [0.25, 0.3) is 0 Å². The number of amides is 1. The predicted molar refractivity (Wildman–Crippen MR) is 74.1 cm³/mol. The Hall–Kier alpha value is -0.570. The van der Waals surface area contributed by atoms with Crippen LogP contribution in [0.15, 0.2) is 0 Å². The number of carbonyl (C=O) groups is 1. The van der Waals surface area contributed by atoms with Crippen LogP contribution in [0.3, 0.4) is 0 Å². The molecule has 3 heteroatoms. The SMILES string of the molecule is CCCCCN(C(=O)C(C)CNCC)C(C)C.